The molecular formula is C20H18Cl2N2OS. The predicted molar refractivity (Wildman–Crippen MR) is 109 cm³/mol. The third-order valence-corrected chi connectivity index (χ3v) is 5.45. The molecule has 0 N–H and O–H groups in total. The molecular weight excluding hydrogens is 387 g/mol. The quantitative estimate of drug-likeness (QED) is 0.336. The van der Waals surface area contributed by atoms with Crippen molar-refractivity contribution in [1.82, 2.24) is 9.97 Å². The van der Waals surface area contributed by atoms with Crippen molar-refractivity contribution in [2.24, 2.45) is 0 Å². The molecule has 26 heavy (non-hydrogen) atoms. The molecule has 2 aromatic carbocycles. The van der Waals surface area contributed by atoms with Gasteiger partial charge in [0.1, 0.15) is 5.75 Å². The molecule has 0 saturated carbocycles. The van der Waals surface area contributed by atoms with Gasteiger partial charge in [0.2, 0.25) is 5.88 Å². The van der Waals surface area contributed by atoms with E-state index >= 15 is 0 Å². The van der Waals surface area contributed by atoms with Gasteiger partial charge in [0, 0.05) is 27.6 Å². The fraction of sp³-hybridized carbons (Fsp3) is 0.200. The first-order valence-electron chi connectivity index (χ1n) is 8.23. The van der Waals surface area contributed by atoms with E-state index in [1.807, 2.05) is 55.5 Å². The Labute approximate surface area is 167 Å². The number of hydrogen-bond donors (Lipinski definition) is 0. The molecule has 0 aliphatic heterocycles. The summed E-state index contributed by atoms with van der Waals surface area (Å²) >= 11 is 13.8. The van der Waals surface area contributed by atoms with E-state index in [-0.39, 0.29) is 0 Å². The number of halogens is 2. The normalized spacial score (nSPS) is 10.8. The topological polar surface area (TPSA) is 35.0 Å². The number of hydrogen-bond acceptors (Lipinski definition) is 4. The highest BCUT2D eigenvalue weighted by atomic mass is 35.5. The molecule has 0 spiro atoms. The van der Waals surface area contributed by atoms with Gasteiger partial charge in [-0.1, -0.05) is 60.1 Å². The van der Waals surface area contributed by atoms with Crippen LogP contribution in [0.4, 0.5) is 0 Å². The van der Waals surface area contributed by atoms with Gasteiger partial charge in [-0.3, -0.25) is 0 Å². The summed E-state index contributed by atoms with van der Waals surface area (Å²) in [5.41, 5.74) is 2.95. The molecule has 3 aromatic rings. The molecule has 0 amide bonds. The van der Waals surface area contributed by atoms with Crippen LogP contribution in [0, 0.1) is 6.92 Å². The Kier molecular flexibility index (Phi) is 6.41. The van der Waals surface area contributed by atoms with Crippen molar-refractivity contribution in [1.29, 1.82) is 0 Å². The van der Waals surface area contributed by atoms with Gasteiger partial charge in [0.05, 0.1) is 0 Å². The van der Waals surface area contributed by atoms with Crippen LogP contribution in [0.15, 0.2) is 53.7 Å². The van der Waals surface area contributed by atoms with Crippen LogP contribution in [0.2, 0.25) is 10.0 Å². The molecule has 0 aliphatic carbocycles. The second-order valence-electron chi connectivity index (χ2n) is 5.73. The van der Waals surface area contributed by atoms with E-state index < -0.39 is 0 Å². The van der Waals surface area contributed by atoms with Crippen molar-refractivity contribution in [2.75, 3.05) is 0 Å². The maximum atomic E-state index is 6.23. The maximum Gasteiger partial charge on any atom is 0.223 e. The number of ether oxygens (including phenoxy) is 1. The number of nitrogens with zero attached hydrogens (tertiary/aromatic N) is 2. The number of thioether (sulfide) groups is 1. The van der Waals surface area contributed by atoms with Crippen molar-refractivity contribution in [3.63, 3.8) is 0 Å². The molecule has 6 heteroatoms. The summed E-state index contributed by atoms with van der Waals surface area (Å²) in [6, 6.07) is 15.2. The fourth-order valence-corrected chi connectivity index (χ4v) is 3.58. The molecule has 0 saturated heterocycles. The molecule has 0 aliphatic rings. The van der Waals surface area contributed by atoms with Crippen LogP contribution < -0.4 is 4.74 Å². The summed E-state index contributed by atoms with van der Waals surface area (Å²) in [7, 11) is 0. The van der Waals surface area contributed by atoms with Gasteiger partial charge in [-0.2, -0.15) is 4.98 Å². The molecule has 3 nitrogen and oxygen atoms in total. The van der Waals surface area contributed by atoms with E-state index in [4.69, 9.17) is 27.9 Å². The number of benzene rings is 2. The predicted octanol–water partition coefficient (Wildman–Crippen LogP) is 6.74. The average molecular weight is 405 g/mol. The van der Waals surface area contributed by atoms with Crippen molar-refractivity contribution < 1.29 is 4.74 Å². The first-order chi connectivity index (χ1) is 12.5. The Balaban J connectivity index is 1.79. The van der Waals surface area contributed by atoms with Gasteiger partial charge in [0.15, 0.2) is 5.16 Å². The molecule has 134 valence electrons. The van der Waals surface area contributed by atoms with Gasteiger partial charge >= 0.3 is 0 Å². The SMILES string of the molecule is CCc1cc(Oc2ccc(Cl)c(C)c2)nc(SCc2ccccc2Cl)n1. The van der Waals surface area contributed by atoms with Gasteiger partial charge < -0.3 is 4.74 Å². The van der Waals surface area contributed by atoms with Gasteiger partial charge in [-0.25, -0.2) is 4.98 Å². The second-order valence-corrected chi connectivity index (χ2v) is 7.48. The molecule has 0 bridgehead atoms. The van der Waals surface area contributed by atoms with E-state index in [0.717, 1.165) is 28.3 Å². The zero-order valence-corrected chi connectivity index (χ0v) is 16.8. The van der Waals surface area contributed by atoms with Crippen LogP contribution in [-0.4, -0.2) is 9.97 Å². The first kappa shape index (κ1) is 19.0. The summed E-state index contributed by atoms with van der Waals surface area (Å²) in [6.45, 7) is 4.00. The van der Waals surface area contributed by atoms with E-state index in [9.17, 15) is 0 Å². The Hall–Kier alpha value is -1.75. The van der Waals surface area contributed by atoms with Gasteiger partial charge in [-0.15, -0.1) is 0 Å². The largest absolute Gasteiger partial charge is 0.439 e. The van der Waals surface area contributed by atoms with Gasteiger partial charge in [-0.05, 0) is 48.7 Å². The standard InChI is InChI=1S/C20H18Cl2N2OS/c1-3-15-11-19(25-16-8-9-17(21)13(2)10-16)24-20(23-15)26-12-14-6-4-5-7-18(14)22/h4-11H,3,12H2,1-2H3. The Morgan fingerprint density at radius 1 is 1.00 bits per heavy atom. The molecule has 0 atom stereocenters. The summed E-state index contributed by atoms with van der Waals surface area (Å²) in [4.78, 5) is 9.10. The van der Waals surface area contributed by atoms with E-state index in [0.29, 0.717) is 27.6 Å². The molecule has 3 rings (SSSR count). The Morgan fingerprint density at radius 3 is 2.54 bits per heavy atom. The molecule has 1 heterocycles. The molecule has 0 radical (unpaired) electrons. The van der Waals surface area contributed by atoms with Crippen LogP contribution >= 0.6 is 35.0 Å². The summed E-state index contributed by atoms with van der Waals surface area (Å²) < 4.78 is 5.92. The van der Waals surface area contributed by atoms with Crippen LogP contribution in [0.3, 0.4) is 0 Å². The lowest BCUT2D eigenvalue weighted by molar-refractivity contribution is 0.453. The highest BCUT2D eigenvalue weighted by Crippen LogP contribution is 2.29. The minimum Gasteiger partial charge on any atom is -0.439 e. The molecule has 0 unspecified atom stereocenters. The number of rotatable bonds is 6. The van der Waals surface area contributed by atoms with E-state index in [1.165, 1.54) is 11.8 Å². The van der Waals surface area contributed by atoms with Crippen molar-refractivity contribution in [3.8, 4) is 11.6 Å². The third-order valence-electron chi connectivity index (χ3n) is 3.76. The third kappa shape index (κ3) is 4.91. The maximum absolute atomic E-state index is 6.23. The minimum absolute atomic E-state index is 0.528. The monoisotopic (exact) mass is 404 g/mol. The van der Waals surface area contributed by atoms with Gasteiger partial charge in [0.25, 0.3) is 0 Å². The van der Waals surface area contributed by atoms with Crippen molar-refractivity contribution >= 4 is 35.0 Å². The lowest BCUT2D eigenvalue weighted by Gasteiger charge is -2.10. The summed E-state index contributed by atoms with van der Waals surface area (Å²) in [5, 5.41) is 2.13. The van der Waals surface area contributed by atoms with Crippen LogP contribution in [-0.2, 0) is 12.2 Å². The lowest BCUT2D eigenvalue weighted by Crippen LogP contribution is -1.97. The summed E-state index contributed by atoms with van der Waals surface area (Å²) in [6.07, 6.45) is 0.804. The number of aromatic nitrogens is 2. The van der Waals surface area contributed by atoms with E-state index in [2.05, 4.69) is 16.9 Å². The smallest absolute Gasteiger partial charge is 0.223 e. The van der Waals surface area contributed by atoms with Crippen molar-refractivity contribution in [3.05, 3.63) is 75.4 Å². The fourth-order valence-electron chi connectivity index (χ4n) is 2.31. The summed E-state index contributed by atoms with van der Waals surface area (Å²) in [5.74, 6) is 1.93. The zero-order chi connectivity index (χ0) is 18.5. The van der Waals surface area contributed by atoms with Crippen LogP contribution in [0.25, 0.3) is 0 Å². The minimum atomic E-state index is 0.528. The molecule has 1 aromatic heterocycles. The lowest BCUT2D eigenvalue weighted by atomic mass is 10.2. The Bertz CT molecular complexity index is 918. The average Bonchev–Trinajstić information content (AvgIpc) is 2.64. The van der Waals surface area contributed by atoms with Crippen molar-refractivity contribution in [2.45, 2.75) is 31.2 Å². The van der Waals surface area contributed by atoms with Crippen LogP contribution in [0.5, 0.6) is 11.6 Å². The highest BCUT2D eigenvalue weighted by molar-refractivity contribution is 7.98. The van der Waals surface area contributed by atoms with Crippen LogP contribution in [0.1, 0.15) is 23.7 Å². The second kappa shape index (κ2) is 8.76. The highest BCUT2D eigenvalue weighted by Gasteiger charge is 2.09. The zero-order valence-electron chi connectivity index (χ0n) is 14.5. The van der Waals surface area contributed by atoms with E-state index in [1.54, 1.807) is 0 Å². The number of aryl methyl sites for hydroxylation is 2. The first-order valence-corrected chi connectivity index (χ1v) is 9.97. The molecule has 0 fully saturated rings. The Morgan fingerprint density at radius 2 is 1.81 bits per heavy atom.